The predicted molar refractivity (Wildman–Crippen MR) is 59.5 cm³/mol. The molecule has 0 saturated carbocycles. The second-order valence-corrected chi connectivity index (χ2v) is 8.31. The molecule has 1 aliphatic rings. The summed E-state index contributed by atoms with van der Waals surface area (Å²) < 4.78 is 0. The Morgan fingerprint density at radius 1 is 1.25 bits per heavy atom. The zero-order valence-corrected chi connectivity index (χ0v) is 10.1. The van der Waals surface area contributed by atoms with E-state index in [1.54, 1.807) is 0 Å². The summed E-state index contributed by atoms with van der Waals surface area (Å²) in [6.45, 7) is 2.28. The van der Waals surface area contributed by atoms with Crippen LogP contribution in [-0.4, -0.2) is 8.11 Å². The molecule has 0 aliphatic carbocycles. The fraction of sp³-hybridized carbons (Fsp3) is 1.00. The first-order valence-corrected chi connectivity index (χ1v) is 8.85. The minimum atomic E-state index is -0.702. The van der Waals surface area contributed by atoms with Crippen molar-refractivity contribution in [1.29, 1.82) is 0 Å². The minimum absolute atomic E-state index is 0.702. The maximum atomic E-state index is 6.18. The lowest BCUT2D eigenvalue weighted by atomic mass is 9.96. The largest absolute Gasteiger partial charge is 0.172 e. The SMILES string of the molecule is CCCCC[C@H]1CC[Si@H](Cl)CC1. The van der Waals surface area contributed by atoms with Crippen molar-refractivity contribution in [2.75, 3.05) is 0 Å². The smallest absolute Gasteiger partial charge is 0.141 e. The van der Waals surface area contributed by atoms with E-state index in [0.29, 0.717) is 0 Å². The van der Waals surface area contributed by atoms with Crippen LogP contribution < -0.4 is 0 Å². The zero-order chi connectivity index (χ0) is 8.81. The molecule has 2 heteroatoms. The Kier molecular flexibility index (Phi) is 5.33. The highest BCUT2D eigenvalue weighted by Crippen LogP contribution is 2.30. The van der Waals surface area contributed by atoms with E-state index in [2.05, 4.69) is 6.92 Å². The summed E-state index contributed by atoms with van der Waals surface area (Å²) in [7, 11) is -0.702. The number of hydrogen-bond acceptors (Lipinski definition) is 0. The van der Waals surface area contributed by atoms with E-state index >= 15 is 0 Å². The Morgan fingerprint density at radius 2 is 1.92 bits per heavy atom. The molecular weight excluding hydrogens is 184 g/mol. The second-order valence-electron chi connectivity index (χ2n) is 4.11. The molecule has 0 N–H and O–H groups in total. The fourth-order valence-electron chi connectivity index (χ4n) is 2.09. The van der Waals surface area contributed by atoms with Gasteiger partial charge in [0.1, 0.15) is 8.11 Å². The van der Waals surface area contributed by atoms with E-state index in [0.717, 1.165) is 5.92 Å². The van der Waals surface area contributed by atoms with Gasteiger partial charge in [-0.05, 0) is 18.0 Å². The molecule has 1 heterocycles. The van der Waals surface area contributed by atoms with Crippen molar-refractivity contribution in [2.24, 2.45) is 5.92 Å². The molecule has 1 saturated heterocycles. The lowest BCUT2D eigenvalue weighted by molar-refractivity contribution is 0.419. The van der Waals surface area contributed by atoms with Gasteiger partial charge in [-0.1, -0.05) is 45.4 Å². The van der Waals surface area contributed by atoms with Crippen LogP contribution in [0.5, 0.6) is 0 Å². The summed E-state index contributed by atoms with van der Waals surface area (Å²) in [6, 6.07) is 2.80. The number of halogens is 1. The lowest BCUT2D eigenvalue weighted by Crippen LogP contribution is -2.16. The summed E-state index contributed by atoms with van der Waals surface area (Å²) in [4.78, 5) is 0. The van der Waals surface area contributed by atoms with E-state index in [-0.39, 0.29) is 0 Å². The standard InChI is InChI=1S/C10H21ClSi/c1-2-3-4-5-10-6-8-12(11)9-7-10/h10,12H,2-9H2,1H3/t10-,12-. The van der Waals surface area contributed by atoms with Crippen molar-refractivity contribution in [3.05, 3.63) is 0 Å². The first-order chi connectivity index (χ1) is 5.83. The van der Waals surface area contributed by atoms with E-state index in [9.17, 15) is 0 Å². The van der Waals surface area contributed by atoms with Gasteiger partial charge in [0.05, 0.1) is 0 Å². The number of unbranched alkanes of at least 4 members (excludes halogenated alkanes) is 2. The number of rotatable bonds is 4. The third-order valence-corrected chi connectivity index (χ3v) is 6.22. The maximum absolute atomic E-state index is 6.18. The van der Waals surface area contributed by atoms with E-state index < -0.39 is 8.11 Å². The Hall–Kier alpha value is 0.507. The molecular formula is C10H21ClSi. The highest BCUT2D eigenvalue weighted by Gasteiger charge is 2.19. The first kappa shape index (κ1) is 10.6. The van der Waals surface area contributed by atoms with Gasteiger partial charge in [0, 0.05) is 0 Å². The van der Waals surface area contributed by atoms with Crippen LogP contribution in [0.3, 0.4) is 0 Å². The van der Waals surface area contributed by atoms with E-state index in [1.165, 1.54) is 50.6 Å². The summed E-state index contributed by atoms with van der Waals surface area (Å²) in [5.74, 6) is 1.04. The Balaban J connectivity index is 2.01. The van der Waals surface area contributed by atoms with E-state index in [4.69, 9.17) is 11.1 Å². The van der Waals surface area contributed by atoms with Gasteiger partial charge < -0.3 is 0 Å². The molecule has 1 fully saturated rings. The molecule has 72 valence electrons. The molecule has 0 atom stereocenters. The topological polar surface area (TPSA) is 0 Å². The normalized spacial score (nSPS) is 30.5. The summed E-state index contributed by atoms with van der Waals surface area (Å²) in [5.41, 5.74) is 0. The van der Waals surface area contributed by atoms with Gasteiger partial charge in [-0.3, -0.25) is 0 Å². The molecule has 0 aromatic heterocycles. The van der Waals surface area contributed by atoms with Gasteiger partial charge in [-0.15, -0.1) is 0 Å². The van der Waals surface area contributed by atoms with Gasteiger partial charge in [-0.2, -0.15) is 11.1 Å². The lowest BCUT2D eigenvalue weighted by Gasteiger charge is -2.23. The van der Waals surface area contributed by atoms with Gasteiger partial charge in [0.25, 0.3) is 0 Å². The van der Waals surface area contributed by atoms with E-state index in [1.807, 2.05) is 0 Å². The average Bonchev–Trinajstić information content (AvgIpc) is 2.09. The third-order valence-electron chi connectivity index (χ3n) is 2.99. The molecule has 12 heavy (non-hydrogen) atoms. The molecule has 0 aromatic carbocycles. The summed E-state index contributed by atoms with van der Waals surface area (Å²) in [5, 5.41) is 0. The summed E-state index contributed by atoms with van der Waals surface area (Å²) >= 11 is 6.18. The van der Waals surface area contributed by atoms with Crippen LogP contribution in [-0.2, 0) is 0 Å². The van der Waals surface area contributed by atoms with Crippen molar-refractivity contribution in [3.63, 3.8) is 0 Å². The Labute approximate surface area is 83.0 Å². The van der Waals surface area contributed by atoms with Crippen LogP contribution in [0.1, 0.15) is 45.4 Å². The molecule has 0 amide bonds. The van der Waals surface area contributed by atoms with Gasteiger partial charge in [0.15, 0.2) is 0 Å². The van der Waals surface area contributed by atoms with Gasteiger partial charge >= 0.3 is 0 Å². The predicted octanol–water partition coefficient (Wildman–Crippen LogP) is 3.94. The molecule has 0 nitrogen and oxygen atoms in total. The maximum Gasteiger partial charge on any atom is 0.141 e. The van der Waals surface area contributed by atoms with Crippen LogP contribution >= 0.6 is 11.1 Å². The minimum Gasteiger partial charge on any atom is -0.172 e. The summed E-state index contributed by atoms with van der Waals surface area (Å²) in [6.07, 6.45) is 8.62. The van der Waals surface area contributed by atoms with Gasteiger partial charge in [0.2, 0.25) is 0 Å². The van der Waals surface area contributed by atoms with Crippen LogP contribution in [0.2, 0.25) is 12.1 Å². The molecule has 1 aliphatic heterocycles. The van der Waals surface area contributed by atoms with Crippen molar-refractivity contribution < 1.29 is 0 Å². The molecule has 0 aromatic rings. The molecule has 0 unspecified atom stereocenters. The first-order valence-electron chi connectivity index (χ1n) is 5.47. The Morgan fingerprint density at radius 3 is 2.50 bits per heavy atom. The van der Waals surface area contributed by atoms with Crippen molar-refractivity contribution in [1.82, 2.24) is 0 Å². The zero-order valence-electron chi connectivity index (χ0n) is 8.19. The van der Waals surface area contributed by atoms with Crippen molar-refractivity contribution >= 4 is 19.2 Å². The number of hydrogen-bond donors (Lipinski definition) is 0. The monoisotopic (exact) mass is 204 g/mol. The van der Waals surface area contributed by atoms with Crippen molar-refractivity contribution in [3.8, 4) is 0 Å². The third kappa shape index (κ3) is 3.95. The molecule has 0 spiro atoms. The van der Waals surface area contributed by atoms with Crippen LogP contribution in [0.25, 0.3) is 0 Å². The van der Waals surface area contributed by atoms with Crippen LogP contribution in [0, 0.1) is 5.92 Å². The van der Waals surface area contributed by atoms with Crippen LogP contribution in [0.15, 0.2) is 0 Å². The second kappa shape index (κ2) is 6.04. The molecule has 1 rings (SSSR count). The Bertz CT molecular complexity index is 108. The van der Waals surface area contributed by atoms with Crippen LogP contribution in [0.4, 0.5) is 0 Å². The fourth-order valence-corrected chi connectivity index (χ4v) is 4.80. The average molecular weight is 205 g/mol. The van der Waals surface area contributed by atoms with Crippen molar-refractivity contribution in [2.45, 2.75) is 57.5 Å². The highest BCUT2D eigenvalue weighted by molar-refractivity contribution is 7.07. The molecule has 0 bridgehead atoms. The molecule has 0 radical (unpaired) electrons. The highest BCUT2D eigenvalue weighted by atomic mass is 35.6. The van der Waals surface area contributed by atoms with Gasteiger partial charge in [-0.25, -0.2) is 0 Å². The quantitative estimate of drug-likeness (QED) is 0.370.